The molecule has 0 unspecified atom stereocenters. The van der Waals surface area contributed by atoms with E-state index in [0.29, 0.717) is 19.5 Å². The van der Waals surface area contributed by atoms with Gasteiger partial charge in [-0.05, 0) is 32.1 Å². The number of carbonyl (C=O) groups excluding carboxylic acids is 1. The van der Waals surface area contributed by atoms with Crippen LogP contribution in [0, 0.1) is 11.3 Å². The van der Waals surface area contributed by atoms with Crippen LogP contribution in [0.25, 0.3) is 0 Å². The molecule has 0 aliphatic heterocycles. The van der Waals surface area contributed by atoms with Crippen molar-refractivity contribution >= 4 is 5.91 Å². The van der Waals surface area contributed by atoms with Crippen LogP contribution in [0.15, 0.2) is 30.3 Å². The normalized spacial score (nSPS) is 10.3. The number of rotatable bonds is 10. The third kappa shape index (κ3) is 8.79. The molecule has 0 aliphatic rings. The number of benzene rings is 1. The second-order valence-electron chi connectivity index (χ2n) is 5.01. The summed E-state index contributed by atoms with van der Waals surface area (Å²) in [6.07, 6.45) is 1.35. The van der Waals surface area contributed by atoms with Crippen molar-refractivity contribution in [2.45, 2.75) is 19.4 Å². The molecule has 2 N–H and O–H groups in total. The zero-order valence-electron chi connectivity index (χ0n) is 12.6. The molecule has 1 rings (SSSR count). The lowest BCUT2D eigenvalue weighted by Crippen LogP contribution is -2.35. The van der Waals surface area contributed by atoms with Gasteiger partial charge in [0.2, 0.25) is 5.91 Å². The molecule has 0 bridgehead atoms. The lowest BCUT2D eigenvalue weighted by atomic mass is 10.2. The first kappa shape index (κ1) is 17.2. The summed E-state index contributed by atoms with van der Waals surface area (Å²) in [5, 5.41) is 14.2. The molecule has 21 heavy (non-hydrogen) atoms. The van der Waals surface area contributed by atoms with Gasteiger partial charge < -0.3 is 15.5 Å². The summed E-state index contributed by atoms with van der Waals surface area (Å²) in [4.78, 5) is 13.6. The molecule has 0 spiro atoms. The van der Waals surface area contributed by atoms with Crippen LogP contribution in [0.1, 0.15) is 18.4 Å². The molecule has 1 aromatic carbocycles. The summed E-state index contributed by atoms with van der Waals surface area (Å²) in [5.74, 6) is -0.0529. The lowest BCUT2D eigenvalue weighted by molar-refractivity contribution is -0.120. The fraction of sp³-hybridized carbons (Fsp3) is 0.500. The topological polar surface area (TPSA) is 68.2 Å². The predicted octanol–water partition coefficient (Wildman–Crippen LogP) is 1.13. The van der Waals surface area contributed by atoms with Crippen molar-refractivity contribution in [2.24, 2.45) is 0 Å². The van der Waals surface area contributed by atoms with E-state index in [0.717, 1.165) is 26.1 Å². The smallest absolute Gasteiger partial charge is 0.233 e. The largest absolute Gasteiger partial charge is 0.354 e. The number of amides is 1. The Balaban J connectivity index is 2.01. The van der Waals surface area contributed by atoms with E-state index >= 15 is 0 Å². The van der Waals surface area contributed by atoms with E-state index in [-0.39, 0.29) is 5.91 Å². The summed E-state index contributed by atoms with van der Waals surface area (Å²) in [6, 6.07) is 12.4. The Morgan fingerprint density at radius 2 is 2.05 bits per heavy atom. The summed E-state index contributed by atoms with van der Waals surface area (Å²) in [5.41, 5.74) is 1.31. The molecular formula is C16H24N4O. The van der Waals surface area contributed by atoms with Crippen LogP contribution in [-0.4, -0.2) is 44.0 Å². The molecule has 0 aromatic heterocycles. The number of hydrogen-bond donors (Lipinski definition) is 2. The number of nitrogens with one attached hydrogen (secondary N) is 2. The first-order valence-electron chi connectivity index (χ1n) is 7.29. The van der Waals surface area contributed by atoms with Gasteiger partial charge in [-0.25, -0.2) is 0 Å². The summed E-state index contributed by atoms with van der Waals surface area (Å²) in [7, 11) is 2.10. The van der Waals surface area contributed by atoms with E-state index < -0.39 is 0 Å². The maximum Gasteiger partial charge on any atom is 0.233 e. The van der Waals surface area contributed by atoms with E-state index in [2.05, 4.69) is 46.8 Å². The van der Waals surface area contributed by atoms with Gasteiger partial charge in [-0.2, -0.15) is 5.26 Å². The first-order chi connectivity index (χ1) is 10.2. The standard InChI is InChI=1S/C16H24N4O/c1-20(14-15-7-3-2-4-8-15)12-6-10-18-13-16(21)19-11-5-9-17/h2-4,7-8,18H,5-6,10-14H2,1H3,(H,19,21). The van der Waals surface area contributed by atoms with Crippen LogP contribution in [0.4, 0.5) is 0 Å². The minimum atomic E-state index is -0.0529. The van der Waals surface area contributed by atoms with E-state index in [1.54, 1.807) is 0 Å². The van der Waals surface area contributed by atoms with Crippen molar-refractivity contribution < 1.29 is 4.79 Å². The van der Waals surface area contributed by atoms with Crippen LogP contribution in [0.2, 0.25) is 0 Å². The van der Waals surface area contributed by atoms with Crippen molar-refractivity contribution in [3.05, 3.63) is 35.9 Å². The van der Waals surface area contributed by atoms with Crippen LogP contribution in [0.5, 0.6) is 0 Å². The van der Waals surface area contributed by atoms with Gasteiger partial charge in [-0.1, -0.05) is 30.3 Å². The molecule has 1 amide bonds. The van der Waals surface area contributed by atoms with Gasteiger partial charge in [0.05, 0.1) is 19.0 Å². The van der Waals surface area contributed by atoms with Gasteiger partial charge in [0, 0.05) is 13.1 Å². The molecule has 0 saturated heterocycles. The van der Waals surface area contributed by atoms with Crippen molar-refractivity contribution in [1.29, 1.82) is 5.26 Å². The van der Waals surface area contributed by atoms with Gasteiger partial charge in [0.25, 0.3) is 0 Å². The molecule has 0 radical (unpaired) electrons. The molecule has 0 heterocycles. The Labute approximate surface area is 126 Å². The predicted molar refractivity (Wildman–Crippen MR) is 83.5 cm³/mol. The lowest BCUT2D eigenvalue weighted by Gasteiger charge is -2.16. The summed E-state index contributed by atoms with van der Waals surface area (Å²) < 4.78 is 0. The fourth-order valence-corrected chi connectivity index (χ4v) is 1.97. The molecular weight excluding hydrogens is 264 g/mol. The molecule has 0 fully saturated rings. The second kappa shape index (κ2) is 10.8. The van der Waals surface area contributed by atoms with Crippen molar-refractivity contribution in [2.75, 3.05) is 33.2 Å². The van der Waals surface area contributed by atoms with E-state index in [9.17, 15) is 4.79 Å². The van der Waals surface area contributed by atoms with E-state index in [1.165, 1.54) is 5.56 Å². The Bertz CT molecular complexity index is 441. The molecule has 0 saturated carbocycles. The third-order valence-electron chi connectivity index (χ3n) is 3.03. The quantitative estimate of drug-likeness (QED) is 0.633. The second-order valence-corrected chi connectivity index (χ2v) is 5.01. The van der Waals surface area contributed by atoms with Crippen molar-refractivity contribution in [3.63, 3.8) is 0 Å². The van der Waals surface area contributed by atoms with Crippen molar-refractivity contribution in [3.8, 4) is 6.07 Å². The van der Waals surface area contributed by atoms with Crippen LogP contribution in [-0.2, 0) is 11.3 Å². The highest BCUT2D eigenvalue weighted by Gasteiger charge is 2.01. The van der Waals surface area contributed by atoms with Crippen LogP contribution < -0.4 is 10.6 Å². The Hall–Kier alpha value is -1.90. The highest BCUT2D eigenvalue weighted by atomic mass is 16.1. The Morgan fingerprint density at radius 3 is 2.76 bits per heavy atom. The zero-order chi connectivity index (χ0) is 15.3. The number of nitriles is 1. The average Bonchev–Trinajstić information content (AvgIpc) is 2.48. The molecule has 0 aliphatic carbocycles. The Kier molecular flexibility index (Phi) is 8.85. The SMILES string of the molecule is CN(CCCNCC(=O)NCCC#N)Cc1ccccc1. The minimum Gasteiger partial charge on any atom is -0.354 e. The third-order valence-corrected chi connectivity index (χ3v) is 3.03. The molecule has 114 valence electrons. The maximum absolute atomic E-state index is 11.4. The van der Waals surface area contributed by atoms with E-state index in [1.807, 2.05) is 12.1 Å². The average molecular weight is 288 g/mol. The minimum absolute atomic E-state index is 0.0529. The van der Waals surface area contributed by atoms with Crippen molar-refractivity contribution in [1.82, 2.24) is 15.5 Å². The number of hydrogen-bond acceptors (Lipinski definition) is 4. The van der Waals surface area contributed by atoms with Crippen LogP contribution in [0.3, 0.4) is 0 Å². The zero-order valence-corrected chi connectivity index (χ0v) is 12.6. The number of carbonyl (C=O) groups is 1. The van der Waals surface area contributed by atoms with E-state index in [4.69, 9.17) is 5.26 Å². The molecule has 1 aromatic rings. The van der Waals surface area contributed by atoms with Gasteiger partial charge >= 0.3 is 0 Å². The number of nitrogens with zero attached hydrogens (tertiary/aromatic N) is 2. The monoisotopic (exact) mass is 288 g/mol. The summed E-state index contributed by atoms with van der Waals surface area (Å²) in [6.45, 7) is 3.48. The van der Waals surface area contributed by atoms with Gasteiger partial charge in [-0.15, -0.1) is 0 Å². The molecule has 0 atom stereocenters. The fourth-order valence-electron chi connectivity index (χ4n) is 1.97. The van der Waals surface area contributed by atoms with Gasteiger partial charge in [-0.3, -0.25) is 4.79 Å². The molecule has 5 heteroatoms. The van der Waals surface area contributed by atoms with Gasteiger partial charge in [0.1, 0.15) is 0 Å². The summed E-state index contributed by atoms with van der Waals surface area (Å²) >= 11 is 0. The highest BCUT2D eigenvalue weighted by molar-refractivity contribution is 5.77. The van der Waals surface area contributed by atoms with Gasteiger partial charge in [0.15, 0.2) is 0 Å². The molecule has 5 nitrogen and oxygen atoms in total. The van der Waals surface area contributed by atoms with Crippen LogP contribution >= 0.6 is 0 Å². The maximum atomic E-state index is 11.4. The Morgan fingerprint density at radius 1 is 1.29 bits per heavy atom. The highest BCUT2D eigenvalue weighted by Crippen LogP contribution is 2.02. The first-order valence-corrected chi connectivity index (χ1v) is 7.29.